The molecule has 0 N–H and O–H groups in total. The molecule has 266 valence electrons. The quantitative estimate of drug-likeness (QED) is 0.171. The Balaban J connectivity index is 1.23. The number of aromatic nitrogens is 4. The van der Waals surface area contributed by atoms with E-state index >= 15 is 0 Å². The van der Waals surface area contributed by atoms with Crippen LogP contribution in [-0.2, 0) is 5.41 Å². The van der Waals surface area contributed by atoms with E-state index in [0.29, 0.717) is 0 Å². The highest BCUT2D eigenvalue weighted by Crippen LogP contribution is 2.51. The van der Waals surface area contributed by atoms with Crippen molar-refractivity contribution in [2.45, 2.75) is 60.8 Å². The van der Waals surface area contributed by atoms with Crippen LogP contribution in [-0.4, -0.2) is 19.1 Å². The number of thiophene rings is 1. The van der Waals surface area contributed by atoms with Gasteiger partial charge in [-0.05, 0) is 112 Å². The first-order valence-electron chi connectivity index (χ1n) is 18.8. The highest BCUT2D eigenvalue weighted by molar-refractivity contribution is 7.26. The summed E-state index contributed by atoms with van der Waals surface area (Å²) in [6.45, 7) is 17.6. The van der Waals surface area contributed by atoms with Crippen molar-refractivity contribution in [3.63, 3.8) is 0 Å². The smallest absolute Gasteiger partial charge is 0.155 e. The van der Waals surface area contributed by atoms with Gasteiger partial charge in [0.1, 0.15) is 0 Å². The van der Waals surface area contributed by atoms with E-state index in [2.05, 4.69) is 186 Å². The van der Waals surface area contributed by atoms with Gasteiger partial charge in [-0.15, -0.1) is 11.3 Å². The average molecular weight is 721 g/mol. The summed E-state index contributed by atoms with van der Waals surface area (Å²) in [5.74, 6) is 0.746. The lowest BCUT2D eigenvalue weighted by Gasteiger charge is -2.35. The number of para-hydroxylation sites is 2. The first kappa shape index (κ1) is 34.0. The second kappa shape index (κ2) is 12.7. The molecule has 4 aromatic heterocycles. The van der Waals surface area contributed by atoms with Gasteiger partial charge in [0.15, 0.2) is 5.82 Å². The summed E-state index contributed by atoms with van der Waals surface area (Å²) in [5.41, 5.74) is 17.4. The second-order valence-corrected chi connectivity index (χ2v) is 16.1. The summed E-state index contributed by atoms with van der Waals surface area (Å²) >= 11 is 1.90. The van der Waals surface area contributed by atoms with E-state index in [0.717, 1.165) is 39.6 Å². The predicted molar refractivity (Wildman–Crippen MR) is 232 cm³/mol. The number of hydrogen-bond donors (Lipinski definition) is 0. The second-order valence-electron chi connectivity index (χ2n) is 15.1. The van der Waals surface area contributed by atoms with Crippen molar-refractivity contribution in [1.82, 2.24) is 19.1 Å². The van der Waals surface area contributed by atoms with Gasteiger partial charge in [0.2, 0.25) is 0 Å². The Bertz CT molecular complexity index is 2910. The summed E-state index contributed by atoms with van der Waals surface area (Å²) in [6, 6.07) is 33.3. The minimum atomic E-state index is -0.218. The van der Waals surface area contributed by atoms with Crippen molar-refractivity contribution >= 4 is 66.3 Å². The van der Waals surface area contributed by atoms with Crippen molar-refractivity contribution in [3.05, 3.63) is 154 Å². The van der Waals surface area contributed by atoms with Crippen LogP contribution in [0.1, 0.15) is 85.3 Å². The minimum Gasteiger partial charge on any atom is -0.314 e. The van der Waals surface area contributed by atoms with Gasteiger partial charge in [-0.2, -0.15) is 0 Å². The molecule has 0 spiro atoms. The maximum atomic E-state index is 5.40. The van der Waals surface area contributed by atoms with Crippen molar-refractivity contribution in [3.8, 4) is 22.6 Å². The lowest BCUT2D eigenvalue weighted by molar-refractivity contribution is 0.630. The fourth-order valence-electron chi connectivity index (χ4n) is 8.77. The van der Waals surface area contributed by atoms with Gasteiger partial charge in [-0.1, -0.05) is 92.7 Å². The Hall–Kier alpha value is -5.78. The zero-order chi connectivity index (χ0) is 37.5. The molecular formula is C49H44N4S. The molecule has 1 aliphatic heterocycles. The van der Waals surface area contributed by atoms with Gasteiger partial charge in [0.05, 0.1) is 27.1 Å². The molecule has 8 aromatic rings. The predicted octanol–water partition coefficient (Wildman–Crippen LogP) is 13.4. The summed E-state index contributed by atoms with van der Waals surface area (Å²) in [5, 5.41) is 2.65. The van der Waals surface area contributed by atoms with E-state index in [1.54, 1.807) is 0 Å². The first-order chi connectivity index (χ1) is 26.1. The zero-order valence-electron chi connectivity index (χ0n) is 32.2. The molecule has 0 saturated heterocycles. The number of hydrogen-bond acceptors (Lipinski definition) is 3. The summed E-state index contributed by atoms with van der Waals surface area (Å²) in [7, 11) is 0. The molecule has 0 radical (unpaired) electrons. The molecule has 4 nitrogen and oxygen atoms in total. The monoisotopic (exact) mass is 720 g/mol. The van der Waals surface area contributed by atoms with Crippen molar-refractivity contribution in [1.29, 1.82) is 0 Å². The third-order valence-corrected chi connectivity index (χ3v) is 12.6. The topological polar surface area (TPSA) is 35.6 Å². The van der Waals surface area contributed by atoms with E-state index in [-0.39, 0.29) is 5.41 Å². The molecular weight excluding hydrogens is 677 g/mol. The maximum Gasteiger partial charge on any atom is 0.155 e. The fourth-order valence-corrected chi connectivity index (χ4v) is 9.98. The molecule has 0 amide bonds. The Morgan fingerprint density at radius 3 is 2.24 bits per heavy atom. The molecule has 9 rings (SSSR count). The largest absolute Gasteiger partial charge is 0.314 e. The van der Waals surface area contributed by atoms with E-state index < -0.39 is 0 Å². The van der Waals surface area contributed by atoms with Crippen LogP contribution in [0, 0.1) is 20.8 Å². The van der Waals surface area contributed by atoms with Crippen LogP contribution in [0.4, 0.5) is 0 Å². The van der Waals surface area contributed by atoms with Crippen LogP contribution in [0.15, 0.2) is 103 Å². The molecule has 5 heteroatoms. The van der Waals surface area contributed by atoms with Crippen molar-refractivity contribution in [2.75, 3.05) is 0 Å². The number of rotatable bonds is 6. The molecule has 5 heterocycles. The highest BCUT2D eigenvalue weighted by atomic mass is 32.1. The number of benzene rings is 4. The van der Waals surface area contributed by atoms with Crippen LogP contribution in [0.2, 0.25) is 0 Å². The standard InChI is InChI=1S/C49H44N4S/c1-9-17-35-31(5)50-48(29(3)27-38-30(4)41(18-10-2)52(32(38)6)34-19-12-11-13-20-34)51-44(35)33-25-26-42-40(28-33)49(7,8)39-23-16-22-37-45(39)53(42)46-36-21-14-15-24-43(36)54-47(37)46/h9-28H,1-8H3/b17-9-,18-10-,29-27+. The normalized spacial score (nSPS) is 14.0. The van der Waals surface area contributed by atoms with Gasteiger partial charge >= 0.3 is 0 Å². The Morgan fingerprint density at radius 1 is 0.722 bits per heavy atom. The highest BCUT2D eigenvalue weighted by Gasteiger charge is 2.36. The Labute approximate surface area is 321 Å². The number of fused-ring (bicyclic) bond motifs is 7. The van der Waals surface area contributed by atoms with Gasteiger partial charge in [0.25, 0.3) is 0 Å². The summed E-state index contributed by atoms with van der Waals surface area (Å²) in [6.07, 6.45) is 10.8. The van der Waals surface area contributed by atoms with Crippen LogP contribution < -0.4 is 0 Å². The summed E-state index contributed by atoms with van der Waals surface area (Å²) < 4.78 is 7.56. The van der Waals surface area contributed by atoms with Crippen molar-refractivity contribution in [2.24, 2.45) is 0 Å². The zero-order valence-corrected chi connectivity index (χ0v) is 33.1. The molecule has 0 atom stereocenters. The molecule has 0 saturated carbocycles. The molecule has 0 aliphatic carbocycles. The average Bonchev–Trinajstić information content (AvgIpc) is 3.79. The Morgan fingerprint density at radius 2 is 1.46 bits per heavy atom. The molecule has 0 bridgehead atoms. The third-order valence-electron chi connectivity index (χ3n) is 11.4. The van der Waals surface area contributed by atoms with E-state index in [9.17, 15) is 0 Å². The van der Waals surface area contributed by atoms with Crippen molar-refractivity contribution < 1.29 is 0 Å². The third kappa shape index (κ3) is 4.95. The minimum absolute atomic E-state index is 0.218. The van der Waals surface area contributed by atoms with E-state index in [1.165, 1.54) is 70.5 Å². The summed E-state index contributed by atoms with van der Waals surface area (Å²) in [4.78, 5) is 10.5. The maximum absolute atomic E-state index is 5.40. The van der Waals surface area contributed by atoms with Crippen LogP contribution >= 0.6 is 11.3 Å². The van der Waals surface area contributed by atoms with E-state index in [1.807, 2.05) is 11.3 Å². The molecule has 4 aromatic carbocycles. The van der Waals surface area contributed by atoms with Gasteiger partial charge in [-0.25, -0.2) is 9.97 Å². The lowest BCUT2D eigenvalue weighted by Crippen LogP contribution is -2.26. The van der Waals surface area contributed by atoms with E-state index in [4.69, 9.17) is 9.97 Å². The van der Waals surface area contributed by atoms with Crippen LogP contribution in [0.3, 0.4) is 0 Å². The Kier molecular flexibility index (Phi) is 7.98. The molecule has 0 unspecified atom stereocenters. The number of nitrogens with zero attached hydrogens (tertiary/aromatic N) is 4. The molecule has 0 fully saturated rings. The first-order valence-corrected chi connectivity index (χ1v) is 19.7. The van der Waals surface area contributed by atoms with Gasteiger partial charge in [0, 0.05) is 54.8 Å². The SMILES string of the molecule is C/C=C\c1c(C)nc(/C(C)=C/c2c(C)c(/C=C\C)n(-c3ccccc3)c2C)nc1-c1ccc2c(c1)C(C)(C)c1cccc3c4sc5ccccc5c4n-2c13. The fraction of sp³-hybridized carbons (Fsp3) is 0.184. The van der Waals surface area contributed by atoms with Crippen LogP contribution in [0.5, 0.6) is 0 Å². The number of aryl methyl sites for hydroxylation is 1. The van der Waals surface area contributed by atoms with Crippen LogP contribution in [0.25, 0.3) is 77.6 Å². The van der Waals surface area contributed by atoms with Gasteiger partial charge < -0.3 is 9.13 Å². The number of allylic oxidation sites excluding steroid dienone is 3. The molecule has 54 heavy (non-hydrogen) atoms. The van der Waals surface area contributed by atoms with Gasteiger partial charge in [-0.3, -0.25) is 0 Å². The molecule has 1 aliphatic rings. The lowest BCUT2D eigenvalue weighted by atomic mass is 9.74.